The minimum absolute atomic E-state index is 0.00138. The lowest BCUT2D eigenvalue weighted by Crippen LogP contribution is -2.36. The second-order valence-corrected chi connectivity index (χ2v) is 14.9. The number of ether oxygens (including phenoxy) is 4. The number of phenolic OH excluding ortho intramolecular Hbond substituents is 2. The minimum Gasteiger partial charge on any atom is -0.507 e. The van der Waals surface area contributed by atoms with Crippen molar-refractivity contribution in [3.05, 3.63) is 57.6 Å². The van der Waals surface area contributed by atoms with Crippen LogP contribution in [0.1, 0.15) is 59.1 Å². The zero-order chi connectivity index (χ0) is 35.5. The first-order valence-electron chi connectivity index (χ1n) is 19.5. The van der Waals surface area contributed by atoms with Gasteiger partial charge in [0.2, 0.25) is 0 Å². The lowest BCUT2D eigenvalue weighted by atomic mass is 9.91. The number of phenols is 2. The Kier molecular flexibility index (Phi) is 13.6. The van der Waals surface area contributed by atoms with Crippen molar-refractivity contribution in [1.29, 1.82) is 0 Å². The molecule has 7 rings (SSSR count). The molecule has 2 aromatic carbocycles. The number of rotatable bonds is 12. The van der Waals surface area contributed by atoms with Gasteiger partial charge in [0.15, 0.2) is 0 Å². The largest absolute Gasteiger partial charge is 0.507 e. The molecule has 5 aliphatic rings. The molecule has 4 saturated heterocycles. The average molecular weight is 719 g/mol. The predicted molar refractivity (Wildman–Crippen MR) is 202 cm³/mol. The van der Waals surface area contributed by atoms with Crippen LogP contribution in [0.25, 0.3) is 0 Å². The molecule has 2 N–H and O–H groups in total. The van der Waals surface area contributed by atoms with E-state index in [-0.39, 0.29) is 12.1 Å². The zero-order valence-corrected chi connectivity index (χ0v) is 30.8. The van der Waals surface area contributed by atoms with Gasteiger partial charge in [-0.15, -0.1) is 0 Å². The molecule has 1 saturated carbocycles. The van der Waals surface area contributed by atoms with Crippen LogP contribution in [-0.4, -0.2) is 160 Å². The maximum Gasteiger partial charge on any atom is 0.128 e. The van der Waals surface area contributed by atoms with Crippen LogP contribution in [0.15, 0.2) is 34.3 Å². The molecule has 1 aliphatic carbocycles. The Bertz CT molecular complexity index is 1390. The summed E-state index contributed by atoms with van der Waals surface area (Å²) in [6.07, 6.45) is 7.87. The van der Waals surface area contributed by atoms with Crippen molar-refractivity contribution in [3.8, 4) is 11.5 Å². The molecule has 2 atom stereocenters. The second kappa shape index (κ2) is 18.9. The Morgan fingerprint density at radius 3 is 1.17 bits per heavy atom. The summed E-state index contributed by atoms with van der Waals surface area (Å²) in [5.74, 6) is 0.623. The van der Waals surface area contributed by atoms with Crippen LogP contribution in [-0.2, 0) is 45.1 Å². The van der Waals surface area contributed by atoms with E-state index in [2.05, 4.69) is 43.9 Å². The Morgan fingerprint density at radius 2 is 0.827 bits per heavy atom. The normalized spacial score (nSPS) is 25.0. The van der Waals surface area contributed by atoms with Gasteiger partial charge in [0.1, 0.15) is 11.5 Å². The van der Waals surface area contributed by atoms with E-state index in [1.807, 2.05) is 12.4 Å². The number of aromatic hydroxyl groups is 2. The predicted octanol–water partition coefficient (Wildman–Crippen LogP) is 3.28. The fourth-order valence-electron chi connectivity index (χ4n) is 8.02. The molecule has 0 spiro atoms. The molecule has 4 aliphatic heterocycles. The van der Waals surface area contributed by atoms with Gasteiger partial charge in [-0.25, -0.2) is 0 Å². The van der Waals surface area contributed by atoms with Crippen molar-refractivity contribution in [2.45, 2.75) is 63.9 Å². The molecule has 0 radical (unpaired) electrons. The number of hydrogen-bond acceptors (Lipinski definition) is 12. The van der Waals surface area contributed by atoms with E-state index >= 15 is 0 Å². The quantitative estimate of drug-likeness (QED) is 0.317. The minimum atomic E-state index is 0.00138. The molecule has 2 aromatic rings. The maximum absolute atomic E-state index is 11.6. The molecule has 284 valence electrons. The van der Waals surface area contributed by atoms with Crippen LogP contribution < -0.4 is 0 Å². The van der Waals surface area contributed by atoms with Crippen LogP contribution in [0.4, 0.5) is 0 Å². The van der Waals surface area contributed by atoms with Gasteiger partial charge in [-0.3, -0.25) is 29.6 Å². The third kappa shape index (κ3) is 10.4. The van der Waals surface area contributed by atoms with Crippen LogP contribution >= 0.6 is 0 Å². The highest BCUT2D eigenvalue weighted by Gasteiger charge is 2.25. The van der Waals surface area contributed by atoms with Crippen LogP contribution in [0.5, 0.6) is 11.5 Å². The van der Waals surface area contributed by atoms with Gasteiger partial charge in [-0.05, 0) is 48.2 Å². The highest BCUT2D eigenvalue weighted by Crippen LogP contribution is 2.30. The van der Waals surface area contributed by atoms with Crippen molar-refractivity contribution in [2.75, 3.05) is 105 Å². The van der Waals surface area contributed by atoms with Crippen molar-refractivity contribution in [2.24, 2.45) is 9.98 Å². The van der Waals surface area contributed by atoms with Gasteiger partial charge < -0.3 is 29.2 Å². The molecule has 0 aromatic heterocycles. The van der Waals surface area contributed by atoms with E-state index in [9.17, 15) is 10.2 Å². The molecule has 5 fully saturated rings. The molecule has 12 nitrogen and oxygen atoms in total. The Hall–Kier alpha value is -2.94. The van der Waals surface area contributed by atoms with Crippen molar-refractivity contribution >= 4 is 12.4 Å². The van der Waals surface area contributed by atoms with Gasteiger partial charge >= 0.3 is 0 Å². The van der Waals surface area contributed by atoms with E-state index in [1.165, 1.54) is 11.1 Å². The molecular weight excluding hydrogens is 660 g/mol. The van der Waals surface area contributed by atoms with E-state index in [4.69, 9.17) is 28.9 Å². The summed E-state index contributed by atoms with van der Waals surface area (Å²) in [7, 11) is 0. The molecular formula is C40H58N6O6. The number of benzene rings is 2. The molecule has 0 bridgehead atoms. The van der Waals surface area contributed by atoms with Gasteiger partial charge in [0.25, 0.3) is 0 Å². The lowest BCUT2D eigenvalue weighted by Gasteiger charge is -2.29. The van der Waals surface area contributed by atoms with E-state index < -0.39 is 0 Å². The molecule has 52 heavy (non-hydrogen) atoms. The SMILES string of the molecule is Oc1c(/C=N/[C@@H]2CCCC[C@H]2/N=C/c2cc(CN3CCOCC3)cc(CN3CCOCC3)c2O)cc(CN2CCOCC2)cc1CN1CCOCC1. The molecule has 0 amide bonds. The molecule has 12 heteroatoms. The first kappa shape index (κ1) is 37.4. The highest BCUT2D eigenvalue weighted by atomic mass is 16.5. The summed E-state index contributed by atoms with van der Waals surface area (Å²) in [6.45, 7) is 16.0. The van der Waals surface area contributed by atoms with Crippen molar-refractivity contribution < 1.29 is 29.2 Å². The third-order valence-corrected chi connectivity index (χ3v) is 11.1. The summed E-state index contributed by atoms with van der Waals surface area (Å²) < 4.78 is 22.3. The number of morpholine rings is 4. The van der Waals surface area contributed by atoms with Gasteiger partial charge in [-0.2, -0.15) is 0 Å². The number of hydrogen-bond donors (Lipinski definition) is 2. The second-order valence-electron chi connectivity index (χ2n) is 14.9. The highest BCUT2D eigenvalue weighted by molar-refractivity contribution is 5.85. The van der Waals surface area contributed by atoms with E-state index in [0.717, 1.165) is 166 Å². The Balaban J connectivity index is 1.11. The van der Waals surface area contributed by atoms with Crippen molar-refractivity contribution in [3.63, 3.8) is 0 Å². The Labute approximate surface area is 309 Å². The first-order valence-corrected chi connectivity index (χ1v) is 19.5. The summed E-state index contributed by atoms with van der Waals surface area (Å²) in [5, 5.41) is 23.1. The van der Waals surface area contributed by atoms with Crippen LogP contribution in [0.3, 0.4) is 0 Å². The van der Waals surface area contributed by atoms with Crippen LogP contribution in [0.2, 0.25) is 0 Å². The first-order chi connectivity index (χ1) is 25.6. The topological polar surface area (TPSA) is 115 Å². The standard InChI is InChI=1S/C40H58N6O6/c47-39-33(21-31(27-43-5-13-49-14-6-43)23-35(39)29-45-9-17-51-18-10-45)25-41-37-3-1-2-4-38(37)42-26-34-22-32(28-44-7-15-50-16-8-44)24-36(40(34)48)30-46-11-19-52-20-12-46/h21-26,37-38,47-48H,1-20,27-30H2/b41-25+,42-26+/t37-,38-/m1/s1. The zero-order valence-electron chi connectivity index (χ0n) is 30.8. The molecule has 0 unspecified atom stereocenters. The number of nitrogens with zero attached hydrogens (tertiary/aromatic N) is 6. The lowest BCUT2D eigenvalue weighted by molar-refractivity contribution is 0.0330. The fraction of sp³-hybridized carbons (Fsp3) is 0.650. The van der Waals surface area contributed by atoms with E-state index in [0.29, 0.717) is 24.6 Å². The maximum atomic E-state index is 11.6. The molecule has 4 heterocycles. The fourth-order valence-corrected chi connectivity index (χ4v) is 8.02. The average Bonchev–Trinajstić information content (AvgIpc) is 3.18. The van der Waals surface area contributed by atoms with Crippen LogP contribution in [0, 0.1) is 0 Å². The number of aliphatic imine (C=N–C) groups is 2. The monoisotopic (exact) mass is 718 g/mol. The summed E-state index contributed by atoms with van der Waals surface area (Å²) in [6, 6.07) is 8.54. The Morgan fingerprint density at radius 1 is 0.500 bits per heavy atom. The van der Waals surface area contributed by atoms with E-state index in [1.54, 1.807) is 0 Å². The van der Waals surface area contributed by atoms with Crippen molar-refractivity contribution in [1.82, 2.24) is 19.6 Å². The van der Waals surface area contributed by atoms with Gasteiger partial charge in [0.05, 0.1) is 64.9 Å². The smallest absolute Gasteiger partial charge is 0.128 e. The van der Waals surface area contributed by atoms with Gasteiger partial charge in [0, 0.05) is 113 Å². The summed E-state index contributed by atoms with van der Waals surface area (Å²) in [4.78, 5) is 19.8. The summed E-state index contributed by atoms with van der Waals surface area (Å²) in [5.41, 5.74) is 5.78. The summed E-state index contributed by atoms with van der Waals surface area (Å²) >= 11 is 0. The third-order valence-electron chi connectivity index (χ3n) is 11.1. The van der Waals surface area contributed by atoms with Gasteiger partial charge in [-0.1, -0.05) is 12.8 Å².